The summed E-state index contributed by atoms with van der Waals surface area (Å²) >= 11 is 0. The standard InChI is InChI=1S/C22H14O3/c23-17-11-9-14(10-12-17)21(24)22(25)20-18-7-3-1-5-15(18)13-16-6-2-4-8-19(16)20/h1-13,23H. The summed E-state index contributed by atoms with van der Waals surface area (Å²) in [4.78, 5) is 25.8. The van der Waals surface area contributed by atoms with Crippen LogP contribution in [0.3, 0.4) is 0 Å². The third-order valence-corrected chi connectivity index (χ3v) is 4.33. The van der Waals surface area contributed by atoms with Gasteiger partial charge in [-0.15, -0.1) is 0 Å². The van der Waals surface area contributed by atoms with Crippen LogP contribution in [0.4, 0.5) is 0 Å². The van der Waals surface area contributed by atoms with E-state index < -0.39 is 11.6 Å². The van der Waals surface area contributed by atoms with Crippen molar-refractivity contribution in [2.45, 2.75) is 0 Å². The number of Topliss-reactive ketones (excluding diaryl/α,β-unsaturated/α-hetero) is 2. The number of benzene rings is 4. The molecule has 0 spiro atoms. The van der Waals surface area contributed by atoms with Gasteiger partial charge in [0.15, 0.2) is 0 Å². The second kappa shape index (κ2) is 5.87. The lowest BCUT2D eigenvalue weighted by Gasteiger charge is -2.10. The Balaban J connectivity index is 1.96. The summed E-state index contributed by atoms with van der Waals surface area (Å²) in [5, 5.41) is 12.7. The van der Waals surface area contributed by atoms with Gasteiger partial charge in [-0.25, -0.2) is 0 Å². The minimum atomic E-state index is -0.582. The van der Waals surface area contributed by atoms with Gasteiger partial charge in [0, 0.05) is 11.1 Å². The maximum atomic E-state index is 13.0. The first kappa shape index (κ1) is 15.1. The summed E-state index contributed by atoms with van der Waals surface area (Å²) in [6.45, 7) is 0. The summed E-state index contributed by atoms with van der Waals surface area (Å²) < 4.78 is 0. The summed E-state index contributed by atoms with van der Waals surface area (Å²) in [5.41, 5.74) is 0.687. The van der Waals surface area contributed by atoms with Crippen LogP contribution in [0, 0.1) is 0 Å². The molecule has 0 atom stereocenters. The molecule has 0 saturated carbocycles. The lowest BCUT2D eigenvalue weighted by molar-refractivity contribution is 0.0819. The highest BCUT2D eigenvalue weighted by Crippen LogP contribution is 2.29. The van der Waals surface area contributed by atoms with Crippen LogP contribution in [-0.4, -0.2) is 16.7 Å². The van der Waals surface area contributed by atoms with Gasteiger partial charge in [-0.3, -0.25) is 9.59 Å². The molecule has 120 valence electrons. The van der Waals surface area contributed by atoms with E-state index in [1.165, 1.54) is 24.3 Å². The molecule has 0 heterocycles. The molecular weight excluding hydrogens is 312 g/mol. The second-order valence-electron chi connectivity index (χ2n) is 5.90. The Morgan fingerprint density at radius 1 is 0.640 bits per heavy atom. The highest BCUT2D eigenvalue weighted by molar-refractivity contribution is 6.52. The number of phenols is 1. The quantitative estimate of drug-likeness (QED) is 0.335. The summed E-state index contributed by atoms with van der Waals surface area (Å²) in [6.07, 6.45) is 0. The highest BCUT2D eigenvalue weighted by Gasteiger charge is 2.22. The van der Waals surface area contributed by atoms with Gasteiger partial charge in [0.2, 0.25) is 11.6 Å². The monoisotopic (exact) mass is 326 g/mol. The van der Waals surface area contributed by atoms with Crippen LogP contribution in [0.5, 0.6) is 5.75 Å². The lowest BCUT2D eigenvalue weighted by atomic mass is 9.91. The van der Waals surface area contributed by atoms with Gasteiger partial charge in [0.05, 0.1) is 0 Å². The Hall–Kier alpha value is -3.46. The first-order chi connectivity index (χ1) is 12.1. The molecule has 0 aliphatic rings. The van der Waals surface area contributed by atoms with Crippen molar-refractivity contribution in [2.75, 3.05) is 0 Å². The van der Waals surface area contributed by atoms with Crippen LogP contribution in [-0.2, 0) is 0 Å². The number of hydrogen-bond acceptors (Lipinski definition) is 3. The molecule has 4 aromatic carbocycles. The van der Waals surface area contributed by atoms with Crippen LogP contribution < -0.4 is 0 Å². The fourth-order valence-corrected chi connectivity index (χ4v) is 3.12. The number of phenolic OH excluding ortho intramolecular Hbond substituents is 1. The predicted octanol–water partition coefficient (Wildman–Crippen LogP) is 4.76. The lowest BCUT2D eigenvalue weighted by Crippen LogP contribution is -2.15. The molecule has 0 bridgehead atoms. The van der Waals surface area contributed by atoms with Crippen molar-refractivity contribution in [3.63, 3.8) is 0 Å². The average Bonchev–Trinajstić information content (AvgIpc) is 2.65. The molecule has 1 N–H and O–H groups in total. The first-order valence-electron chi connectivity index (χ1n) is 7.94. The largest absolute Gasteiger partial charge is 0.508 e. The van der Waals surface area contributed by atoms with Gasteiger partial charge in [-0.05, 0) is 51.9 Å². The summed E-state index contributed by atoms with van der Waals surface area (Å²) in [6, 6.07) is 22.9. The molecule has 0 unspecified atom stereocenters. The maximum absolute atomic E-state index is 13.0. The normalized spacial score (nSPS) is 10.9. The Morgan fingerprint density at radius 3 is 1.72 bits per heavy atom. The van der Waals surface area contributed by atoms with Gasteiger partial charge < -0.3 is 5.11 Å². The second-order valence-corrected chi connectivity index (χ2v) is 5.90. The molecule has 0 aliphatic heterocycles. The molecule has 25 heavy (non-hydrogen) atoms. The SMILES string of the molecule is O=C(C(=O)c1c2ccccc2cc2ccccc12)c1ccc(O)cc1. The molecule has 0 aliphatic carbocycles. The molecule has 4 aromatic rings. The third-order valence-electron chi connectivity index (χ3n) is 4.33. The van der Waals surface area contributed by atoms with E-state index in [9.17, 15) is 14.7 Å². The molecule has 3 heteroatoms. The van der Waals surface area contributed by atoms with Crippen molar-refractivity contribution >= 4 is 33.1 Å². The molecule has 0 saturated heterocycles. The summed E-state index contributed by atoms with van der Waals surface area (Å²) in [5.74, 6) is -1.07. The zero-order valence-electron chi connectivity index (χ0n) is 13.3. The Kier molecular flexibility index (Phi) is 3.55. The molecule has 0 radical (unpaired) electrons. The van der Waals surface area contributed by atoms with Crippen LogP contribution in [0.25, 0.3) is 21.5 Å². The average molecular weight is 326 g/mol. The molecule has 0 fully saturated rings. The smallest absolute Gasteiger partial charge is 0.234 e. The zero-order valence-corrected chi connectivity index (χ0v) is 13.3. The van der Waals surface area contributed by atoms with Crippen LogP contribution >= 0.6 is 0 Å². The number of carbonyl (C=O) groups excluding carboxylic acids is 2. The fraction of sp³-hybridized carbons (Fsp3) is 0. The van der Waals surface area contributed by atoms with Crippen molar-refractivity contribution in [1.82, 2.24) is 0 Å². The van der Waals surface area contributed by atoms with Gasteiger partial charge in [-0.1, -0.05) is 48.5 Å². The molecule has 0 aromatic heterocycles. The Labute approximate surface area is 144 Å². The van der Waals surface area contributed by atoms with Crippen molar-refractivity contribution in [3.05, 3.63) is 90.0 Å². The molecule has 0 amide bonds. The van der Waals surface area contributed by atoms with Crippen molar-refractivity contribution < 1.29 is 14.7 Å². The Bertz CT molecular complexity index is 1070. The van der Waals surface area contributed by atoms with Crippen molar-refractivity contribution in [1.29, 1.82) is 0 Å². The van der Waals surface area contributed by atoms with Gasteiger partial charge >= 0.3 is 0 Å². The first-order valence-corrected chi connectivity index (χ1v) is 7.94. The predicted molar refractivity (Wildman–Crippen MR) is 98.2 cm³/mol. The van der Waals surface area contributed by atoms with E-state index in [4.69, 9.17) is 0 Å². The van der Waals surface area contributed by atoms with E-state index in [0.29, 0.717) is 5.56 Å². The van der Waals surface area contributed by atoms with Crippen molar-refractivity contribution in [2.24, 2.45) is 0 Å². The summed E-state index contributed by atoms with van der Waals surface area (Å²) in [7, 11) is 0. The molecule has 4 rings (SSSR count). The number of ketones is 2. The van der Waals surface area contributed by atoms with Gasteiger partial charge in [0.1, 0.15) is 5.75 Å². The highest BCUT2D eigenvalue weighted by atomic mass is 16.3. The number of hydrogen-bond donors (Lipinski definition) is 1. The van der Waals surface area contributed by atoms with Gasteiger partial charge in [0.25, 0.3) is 0 Å². The maximum Gasteiger partial charge on any atom is 0.234 e. The fourth-order valence-electron chi connectivity index (χ4n) is 3.12. The molecule has 3 nitrogen and oxygen atoms in total. The van der Waals surface area contributed by atoms with E-state index in [1.54, 1.807) is 0 Å². The number of rotatable bonds is 3. The van der Waals surface area contributed by atoms with E-state index in [2.05, 4.69) is 0 Å². The van der Waals surface area contributed by atoms with Crippen LogP contribution in [0.15, 0.2) is 78.9 Å². The number of aromatic hydroxyl groups is 1. The van der Waals surface area contributed by atoms with Crippen molar-refractivity contribution in [3.8, 4) is 5.75 Å². The van der Waals surface area contributed by atoms with E-state index in [-0.39, 0.29) is 11.3 Å². The van der Waals surface area contributed by atoms with Gasteiger partial charge in [-0.2, -0.15) is 0 Å². The molecular formula is C22H14O3. The zero-order chi connectivity index (χ0) is 17.4. The number of fused-ring (bicyclic) bond motifs is 2. The topological polar surface area (TPSA) is 54.4 Å². The van der Waals surface area contributed by atoms with Crippen LogP contribution in [0.2, 0.25) is 0 Å². The Morgan fingerprint density at radius 2 is 1.16 bits per heavy atom. The van der Waals surface area contributed by atoms with E-state index in [0.717, 1.165) is 21.5 Å². The minimum Gasteiger partial charge on any atom is -0.508 e. The minimum absolute atomic E-state index is 0.0552. The third kappa shape index (κ3) is 2.56. The van der Waals surface area contributed by atoms with E-state index in [1.807, 2.05) is 54.6 Å². The number of carbonyl (C=O) groups is 2. The van der Waals surface area contributed by atoms with E-state index >= 15 is 0 Å². The van der Waals surface area contributed by atoms with Crippen LogP contribution in [0.1, 0.15) is 20.7 Å².